The lowest BCUT2D eigenvalue weighted by atomic mass is 10.1. The Labute approximate surface area is 95.8 Å². The van der Waals surface area contributed by atoms with Gasteiger partial charge in [0.05, 0.1) is 12.6 Å². The SMILES string of the molecule is CNC(C)Cc1c[nH]c2c(OC)cccc12. The first-order valence-electron chi connectivity index (χ1n) is 5.56. The van der Waals surface area contributed by atoms with Crippen molar-refractivity contribution in [3.05, 3.63) is 30.0 Å². The van der Waals surface area contributed by atoms with Gasteiger partial charge in [-0.1, -0.05) is 12.1 Å². The van der Waals surface area contributed by atoms with Crippen molar-refractivity contribution in [3.8, 4) is 5.75 Å². The molecule has 1 aromatic heterocycles. The molecule has 0 aliphatic carbocycles. The van der Waals surface area contributed by atoms with Gasteiger partial charge in [0.2, 0.25) is 0 Å². The zero-order valence-corrected chi connectivity index (χ0v) is 10.0. The predicted molar refractivity (Wildman–Crippen MR) is 67.1 cm³/mol. The Morgan fingerprint density at radius 3 is 2.94 bits per heavy atom. The third-order valence-electron chi connectivity index (χ3n) is 3.00. The van der Waals surface area contributed by atoms with Gasteiger partial charge in [0.1, 0.15) is 5.75 Å². The normalized spacial score (nSPS) is 12.9. The van der Waals surface area contributed by atoms with Gasteiger partial charge in [-0.2, -0.15) is 0 Å². The first-order valence-corrected chi connectivity index (χ1v) is 5.56. The summed E-state index contributed by atoms with van der Waals surface area (Å²) in [7, 11) is 3.69. The van der Waals surface area contributed by atoms with E-state index in [0.29, 0.717) is 6.04 Å². The molecule has 2 aromatic rings. The molecule has 1 unspecified atom stereocenters. The van der Waals surface area contributed by atoms with Gasteiger partial charge in [-0.15, -0.1) is 0 Å². The van der Waals surface area contributed by atoms with Crippen LogP contribution in [0.25, 0.3) is 10.9 Å². The van der Waals surface area contributed by atoms with E-state index in [9.17, 15) is 0 Å². The summed E-state index contributed by atoms with van der Waals surface area (Å²) in [6, 6.07) is 6.61. The van der Waals surface area contributed by atoms with Gasteiger partial charge in [0.15, 0.2) is 0 Å². The van der Waals surface area contributed by atoms with E-state index in [1.54, 1.807) is 7.11 Å². The van der Waals surface area contributed by atoms with Crippen LogP contribution in [0.1, 0.15) is 12.5 Å². The number of aromatic nitrogens is 1. The van der Waals surface area contributed by atoms with Crippen LogP contribution in [0.3, 0.4) is 0 Å². The van der Waals surface area contributed by atoms with Crippen LogP contribution in [0.4, 0.5) is 0 Å². The molecule has 0 amide bonds. The van der Waals surface area contributed by atoms with E-state index in [1.165, 1.54) is 10.9 Å². The van der Waals surface area contributed by atoms with Crippen molar-refractivity contribution in [1.82, 2.24) is 10.3 Å². The number of likely N-dealkylation sites (N-methyl/N-ethyl adjacent to an activating group) is 1. The van der Waals surface area contributed by atoms with Gasteiger partial charge in [-0.25, -0.2) is 0 Å². The number of fused-ring (bicyclic) bond motifs is 1. The number of ether oxygens (including phenoxy) is 1. The number of rotatable bonds is 4. The van der Waals surface area contributed by atoms with Crippen LogP contribution in [0.15, 0.2) is 24.4 Å². The first-order chi connectivity index (χ1) is 7.76. The lowest BCUT2D eigenvalue weighted by molar-refractivity contribution is 0.419. The number of nitrogens with one attached hydrogen (secondary N) is 2. The molecule has 0 saturated heterocycles. The molecule has 16 heavy (non-hydrogen) atoms. The molecule has 0 aliphatic rings. The summed E-state index contributed by atoms with van der Waals surface area (Å²) >= 11 is 0. The Balaban J connectivity index is 2.41. The van der Waals surface area contributed by atoms with Gasteiger partial charge in [-0.3, -0.25) is 0 Å². The molecule has 2 rings (SSSR count). The smallest absolute Gasteiger partial charge is 0.142 e. The molecule has 0 fully saturated rings. The minimum absolute atomic E-state index is 0.477. The summed E-state index contributed by atoms with van der Waals surface area (Å²) < 4.78 is 5.33. The number of aromatic amines is 1. The number of H-pyrrole nitrogens is 1. The van der Waals surface area contributed by atoms with Gasteiger partial charge in [0.25, 0.3) is 0 Å². The highest BCUT2D eigenvalue weighted by atomic mass is 16.5. The van der Waals surface area contributed by atoms with E-state index in [4.69, 9.17) is 4.74 Å². The molecule has 0 aliphatic heterocycles. The molecule has 1 atom stereocenters. The third kappa shape index (κ3) is 1.91. The second-order valence-electron chi connectivity index (χ2n) is 4.09. The predicted octanol–water partition coefficient (Wildman–Crippen LogP) is 2.33. The van der Waals surface area contributed by atoms with Crippen LogP contribution in [-0.4, -0.2) is 25.2 Å². The van der Waals surface area contributed by atoms with E-state index in [0.717, 1.165) is 17.7 Å². The summed E-state index contributed by atoms with van der Waals surface area (Å²) in [5.74, 6) is 0.904. The average Bonchev–Trinajstić information content (AvgIpc) is 2.72. The van der Waals surface area contributed by atoms with Crippen LogP contribution >= 0.6 is 0 Å². The first kappa shape index (κ1) is 11.0. The Morgan fingerprint density at radius 1 is 1.44 bits per heavy atom. The summed E-state index contributed by atoms with van der Waals surface area (Å²) in [5, 5.41) is 4.50. The molecule has 0 radical (unpaired) electrons. The van der Waals surface area contributed by atoms with E-state index >= 15 is 0 Å². The van der Waals surface area contributed by atoms with Crippen LogP contribution in [-0.2, 0) is 6.42 Å². The molecular formula is C13H18N2O. The highest BCUT2D eigenvalue weighted by Gasteiger charge is 2.09. The van der Waals surface area contributed by atoms with Gasteiger partial charge in [-0.05, 0) is 32.0 Å². The van der Waals surface area contributed by atoms with Crippen molar-refractivity contribution >= 4 is 10.9 Å². The number of hydrogen-bond acceptors (Lipinski definition) is 2. The molecule has 86 valence electrons. The van der Waals surface area contributed by atoms with Gasteiger partial charge in [0, 0.05) is 17.6 Å². The Hall–Kier alpha value is -1.48. The topological polar surface area (TPSA) is 37.0 Å². The van der Waals surface area contributed by atoms with Crippen molar-refractivity contribution < 1.29 is 4.74 Å². The number of para-hydroxylation sites is 1. The van der Waals surface area contributed by atoms with E-state index < -0.39 is 0 Å². The molecule has 0 spiro atoms. The molecule has 1 aromatic carbocycles. The largest absolute Gasteiger partial charge is 0.495 e. The van der Waals surface area contributed by atoms with Crippen molar-refractivity contribution in [3.63, 3.8) is 0 Å². The molecule has 3 nitrogen and oxygen atoms in total. The average molecular weight is 218 g/mol. The fourth-order valence-corrected chi connectivity index (χ4v) is 1.96. The van der Waals surface area contributed by atoms with Crippen LogP contribution < -0.4 is 10.1 Å². The van der Waals surface area contributed by atoms with Gasteiger partial charge < -0.3 is 15.0 Å². The van der Waals surface area contributed by atoms with Crippen molar-refractivity contribution in [2.75, 3.05) is 14.2 Å². The zero-order valence-electron chi connectivity index (χ0n) is 10.0. The molecule has 0 saturated carbocycles. The van der Waals surface area contributed by atoms with E-state index in [2.05, 4.69) is 29.5 Å². The lowest BCUT2D eigenvalue weighted by Crippen LogP contribution is -2.23. The number of benzene rings is 1. The maximum atomic E-state index is 5.33. The van der Waals surface area contributed by atoms with Crippen LogP contribution in [0, 0.1) is 0 Å². The molecular weight excluding hydrogens is 200 g/mol. The molecule has 3 heteroatoms. The summed E-state index contributed by atoms with van der Waals surface area (Å²) in [4.78, 5) is 3.28. The Bertz CT molecular complexity index is 476. The van der Waals surface area contributed by atoms with Crippen LogP contribution in [0.5, 0.6) is 5.75 Å². The van der Waals surface area contributed by atoms with Crippen molar-refractivity contribution in [2.24, 2.45) is 0 Å². The summed E-state index contributed by atoms with van der Waals surface area (Å²) in [6.07, 6.45) is 3.09. The van der Waals surface area contributed by atoms with E-state index in [-0.39, 0.29) is 0 Å². The molecule has 1 heterocycles. The Kier molecular flexibility index (Phi) is 3.15. The Morgan fingerprint density at radius 2 is 2.25 bits per heavy atom. The highest BCUT2D eigenvalue weighted by Crippen LogP contribution is 2.27. The fourth-order valence-electron chi connectivity index (χ4n) is 1.96. The standard InChI is InChI=1S/C13H18N2O/c1-9(14-2)7-10-8-15-13-11(10)5-4-6-12(13)16-3/h4-6,8-9,14-15H,7H2,1-3H3. The molecule has 2 N–H and O–H groups in total. The van der Waals surface area contributed by atoms with Crippen LogP contribution in [0.2, 0.25) is 0 Å². The second kappa shape index (κ2) is 4.58. The lowest BCUT2D eigenvalue weighted by Gasteiger charge is -2.08. The quantitative estimate of drug-likeness (QED) is 0.826. The monoisotopic (exact) mass is 218 g/mol. The fraction of sp³-hybridized carbons (Fsp3) is 0.385. The van der Waals surface area contributed by atoms with E-state index in [1.807, 2.05) is 19.2 Å². The van der Waals surface area contributed by atoms with Crippen molar-refractivity contribution in [1.29, 1.82) is 0 Å². The van der Waals surface area contributed by atoms with Gasteiger partial charge >= 0.3 is 0 Å². The second-order valence-corrected chi connectivity index (χ2v) is 4.09. The minimum atomic E-state index is 0.477. The maximum absolute atomic E-state index is 5.33. The molecule has 0 bridgehead atoms. The minimum Gasteiger partial charge on any atom is -0.495 e. The maximum Gasteiger partial charge on any atom is 0.142 e. The zero-order chi connectivity index (χ0) is 11.5. The summed E-state index contributed by atoms with van der Waals surface area (Å²) in [5.41, 5.74) is 2.42. The number of hydrogen-bond donors (Lipinski definition) is 2. The number of methoxy groups -OCH3 is 1. The third-order valence-corrected chi connectivity index (χ3v) is 3.00. The van der Waals surface area contributed by atoms with Crippen molar-refractivity contribution in [2.45, 2.75) is 19.4 Å². The highest BCUT2D eigenvalue weighted by molar-refractivity contribution is 5.88. The summed E-state index contributed by atoms with van der Waals surface area (Å²) in [6.45, 7) is 2.18.